The van der Waals surface area contributed by atoms with Crippen molar-refractivity contribution in [1.29, 1.82) is 0 Å². The summed E-state index contributed by atoms with van der Waals surface area (Å²) in [5, 5.41) is 0. The summed E-state index contributed by atoms with van der Waals surface area (Å²) in [6.07, 6.45) is 1.97. The normalized spacial score (nSPS) is 15.5. The van der Waals surface area contributed by atoms with Crippen molar-refractivity contribution in [3.63, 3.8) is 0 Å². The van der Waals surface area contributed by atoms with Crippen molar-refractivity contribution < 1.29 is 22.7 Å². The zero-order chi connectivity index (χ0) is 20.1. The zero-order valence-corrected chi connectivity index (χ0v) is 17.8. The summed E-state index contributed by atoms with van der Waals surface area (Å²) >= 11 is 1.43. The van der Waals surface area contributed by atoms with Crippen LogP contribution < -0.4 is 0 Å². The first-order valence-corrected chi connectivity index (χ1v) is 11.6. The average Bonchev–Trinajstić information content (AvgIpc) is 3.08. The van der Waals surface area contributed by atoms with Crippen LogP contribution in [0, 0.1) is 6.92 Å². The molecule has 0 N–H and O–H groups in total. The van der Waals surface area contributed by atoms with Gasteiger partial charge in [-0.2, -0.15) is 4.31 Å². The number of carbonyl (C=O) groups is 1. The molecule has 1 aliphatic heterocycles. The van der Waals surface area contributed by atoms with Crippen molar-refractivity contribution in [2.45, 2.75) is 38.2 Å². The summed E-state index contributed by atoms with van der Waals surface area (Å²) in [7, 11) is -3.57. The number of sulfonamides is 1. The molecule has 1 fully saturated rings. The number of carbonyl (C=O) groups excluding carboxylic acids is 1. The van der Waals surface area contributed by atoms with Crippen molar-refractivity contribution in [2.75, 3.05) is 26.3 Å². The van der Waals surface area contributed by atoms with Crippen LogP contribution >= 0.6 is 11.3 Å². The molecular formula is C20H25NO5S2. The van der Waals surface area contributed by atoms with E-state index in [0.29, 0.717) is 36.7 Å². The van der Waals surface area contributed by atoms with Crippen LogP contribution in [0.2, 0.25) is 0 Å². The van der Waals surface area contributed by atoms with Gasteiger partial charge in [0.1, 0.15) is 11.5 Å². The third-order valence-electron chi connectivity index (χ3n) is 4.62. The molecule has 0 spiro atoms. The van der Waals surface area contributed by atoms with Gasteiger partial charge in [0.25, 0.3) is 0 Å². The second kappa shape index (κ2) is 9.17. The lowest BCUT2D eigenvalue weighted by Crippen LogP contribution is -2.40. The number of ether oxygens (including phenoxy) is 2. The lowest BCUT2D eigenvalue weighted by molar-refractivity contribution is 0.0478. The minimum absolute atomic E-state index is 0.0331. The average molecular weight is 424 g/mol. The first-order chi connectivity index (χ1) is 13.4. The number of thiophene rings is 1. The van der Waals surface area contributed by atoms with Crippen LogP contribution in [0.15, 0.2) is 35.2 Å². The van der Waals surface area contributed by atoms with Crippen LogP contribution in [0.1, 0.15) is 39.0 Å². The smallest absolute Gasteiger partial charge is 0.348 e. The van der Waals surface area contributed by atoms with E-state index in [4.69, 9.17) is 9.47 Å². The second-order valence-electron chi connectivity index (χ2n) is 6.68. The van der Waals surface area contributed by atoms with Crippen molar-refractivity contribution in [3.05, 3.63) is 51.2 Å². The highest BCUT2D eigenvalue weighted by molar-refractivity contribution is 7.89. The van der Waals surface area contributed by atoms with Gasteiger partial charge in [0.2, 0.25) is 10.0 Å². The van der Waals surface area contributed by atoms with Gasteiger partial charge in [-0.3, -0.25) is 0 Å². The van der Waals surface area contributed by atoms with E-state index in [1.807, 2.05) is 13.0 Å². The minimum atomic E-state index is -3.57. The maximum absolute atomic E-state index is 12.8. The Kier molecular flexibility index (Phi) is 6.87. The standard InChI is InChI=1S/C20H25NO5S2/c1-3-5-17-13-19(27-15(17)2)20(22)26-14-16-6-4-7-18(12-16)28(23,24)21-8-10-25-11-9-21/h4,6-7,12-13H,3,5,8-11,14H2,1-2H3. The molecule has 0 radical (unpaired) electrons. The number of rotatable bonds is 7. The highest BCUT2D eigenvalue weighted by Gasteiger charge is 2.26. The van der Waals surface area contributed by atoms with Gasteiger partial charge in [-0.05, 0) is 42.7 Å². The summed E-state index contributed by atoms with van der Waals surface area (Å²) in [5.41, 5.74) is 1.82. The maximum Gasteiger partial charge on any atom is 0.348 e. The molecule has 1 aromatic heterocycles. The van der Waals surface area contributed by atoms with E-state index in [2.05, 4.69) is 6.92 Å². The molecule has 0 aliphatic carbocycles. The number of aryl methyl sites for hydroxylation is 2. The van der Waals surface area contributed by atoms with Gasteiger partial charge in [0, 0.05) is 18.0 Å². The van der Waals surface area contributed by atoms with Crippen LogP contribution in [0.25, 0.3) is 0 Å². The Morgan fingerprint density at radius 2 is 2.00 bits per heavy atom. The first-order valence-electron chi connectivity index (χ1n) is 9.35. The fourth-order valence-electron chi connectivity index (χ4n) is 3.09. The maximum atomic E-state index is 12.8. The van der Waals surface area contributed by atoms with Crippen molar-refractivity contribution in [2.24, 2.45) is 0 Å². The molecule has 0 unspecified atom stereocenters. The van der Waals surface area contributed by atoms with Crippen LogP contribution in [0.5, 0.6) is 0 Å². The number of hydrogen-bond acceptors (Lipinski definition) is 6. The summed E-state index contributed by atoms with van der Waals surface area (Å²) < 4.78 is 37.6. The fraction of sp³-hybridized carbons (Fsp3) is 0.450. The van der Waals surface area contributed by atoms with E-state index < -0.39 is 10.0 Å². The van der Waals surface area contributed by atoms with Gasteiger partial charge < -0.3 is 9.47 Å². The Hall–Kier alpha value is -1.74. The lowest BCUT2D eigenvalue weighted by Gasteiger charge is -2.26. The minimum Gasteiger partial charge on any atom is -0.457 e. The second-order valence-corrected chi connectivity index (χ2v) is 9.88. The van der Waals surface area contributed by atoms with Crippen LogP contribution in [-0.2, 0) is 32.5 Å². The van der Waals surface area contributed by atoms with E-state index in [1.54, 1.807) is 24.3 Å². The molecule has 8 heteroatoms. The molecule has 0 bridgehead atoms. The van der Waals surface area contributed by atoms with E-state index in [1.165, 1.54) is 21.2 Å². The number of esters is 1. The molecule has 3 rings (SSSR count). The lowest BCUT2D eigenvalue weighted by atomic mass is 10.1. The van der Waals surface area contributed by atoms with Gasteiger partial charge in [0.05, 0.1) is 18.1 Å². The molecule has 0 amide bonds. The first kappa shape index (κ1) is 21.0. The van der Waals surface area contributed by atoms with Crippen molar-refractivity contribution >= 4 is 27.3 Å². The Labute approximate surface area is 170 Å². The molecule has 1 saturated heterocycles. The molecule has 0 atom stereocenters. The number of benzene rings is 1. The van der Waals surface area contributed by atoms with Gasteiger partial charge in [-0.1, -0.05) is 25.5 Å². The van der Waals surface area contributed by atoms with Crippen LogP contribution in [-0.4, -0.2) is 45.0 Å². The van der Waals surface area contributed by atoms with E-state index in [-0.39, 0.29) is 17.5 Å². The molecule has 28 heavy (non-hydrogen) atoms. The van der Waals surface area contributed by atoms with Crippen LogP contribution in [0.4, 0.5) is 0 Å². The molecule has 2 heterocycles. The highest BCUT2D eigenvalue weighted by Crippen LogP contribution is 2.24. The Morgan fingerprint density at radius 1 is 1.25 bits per heavy atom. The predicted octanol–water partition coefficient (Wildman–Crippen LogP) is 3.39. The Morgan fingerprint density at radius 3 is 2.71 bits per heavy atom. The van der Waals surface area contributed by atoms with Crippen molar-refractivity contribution in [1.82, 2.24) is 4.31 Å². The molecule has 1 aromatic carbocycles. The Bertz CT molecular complexity index is 930. The highest BCUT2D eigenvalue weighted by atomic mass is 32.2. The zero-order valence-electron chi connectivity index (χ0n) is 16.1. The molecule has 152 valence electrons. The van der Waals surface area contributed by atoms with E-state index in [9.17, 15) is 13.2 Å². The van der Waals surface area contributed by atoms with Gasteiger partial charge in [0.15, 0.2) is 0 Å². The van der Waals surface area contributed by atoms with Gasteiger partial charge >= 0.3 is 5.97 Å². The van der Waals surface area contributed by atoms with Gasteiger partial charge in [-0.15, -0.1) is 11.3 Å². The topological polar surface area (TPSA) is 72.9 Å². The summed E-state index contributed by atoms with van der Waals surface area (Å²) in [6.45, 7) is 5.64. The summed E-state index contributed by atoms with van der Waals surface area (Å²) in [4.78, 5) is 14.3. The molecule has 1 aliphatic rings. The van der Waals surface area contributed by atoms with Crippen molar-refractivity contribution in [3.8, 4) is 0 Å². The summed E-state index contributed by atoms with van der Waals surface area (Å²) in [5.74, 6) is -0.378. The number of hydrogen-bond donors (Lipinski definition) is 0. The molecular weight excluding hydrogens is 398 g/mol. The predicted molar refractivity (Wildman–Crippen MR) is 108 cm³/mol. The van der Waals surface area contributed by atoms with E-state index in [0.717, 1.165) is 17.7 Å². The largest absolute Gasteiger partial charge is 0.457 e. The fourth-order valence-corrected chi connectivity index (χ4v) is 5.53. The third kappa shape index (κ3) is 4.81. The molecule has 0 saturated carbocycles. The van der Waals surface area contributed by atoms with Crippen LogP contribution in [0.3, 0.4) is 0 Å². The molecule has 6 nitrogen and oxygen atoms in total. The third-order valence-corrected chi connectivity index (χ3v) is 7.58. The number of nitrogens with zero attached hydrogens (tertiary/aromatic N) is 1. The Balaban J connectivity index is 1.67. The SMILES string of the molecule is CCCc1cc(C(=O)OCc2cccc(S(=O)(=O)N3CCOCC3)c2)sc1C. The van der Waals surface area contributed by atoms with Gasteiger partial charge in [-0.25, -0.2) is 13.2 Å². The summed E-state index contributed by atoms with van der Waals surface area (Å²) in [6, 6.07) is 8.46. The number of morpholine rings is 1. The van der Waals surface area contributed by atoms with E-state index >= 15 is 0 Å². The quantitative estimate of drug-likeness (QED) is 0.639. The monoisotopic (exact) mass is 423 g/mol. The molecule has 2 aromatic rings.